The molecule has 0 saturated heterocycles. The number of benzene rings is 6. The first-order chi connectivity index (χ1) is 20.5. The van der Waals surface area contributed by atoms with Gasteiger partial charge in [-0.25, -0.2) is 5.01 Å². The lowest BCUT2D eigenvalue weighted by Crippen LogP contribution is -2.12. The zero-order valence-corrected chi connectivity index (χ0v) is 24.5. The van der Waals surface area contributed by atoms with E-state index < -0.39 is 0 Å². The standard InChI is InChI=1S/C39H35N3/c1-27(2)22-23-41-38-15-9-8-14-36(38)37-26-31(18-21-39(37)41)28(3)40-42(34-19-16-29-10-4-6-12-32(29)24-34)35-20-17-30-11-5-7-13-33(30)25-35/h4-21,24-27H,22-23H2,1-3H3. The molecule has 7 aromatic rings. The molecule has 0 fully saturated rings. The van der Waals surface area contributed by atoms with Gasteiger partial charge < -0.3 is 4.57 Å². The van der Waals surface area contributed by atoms with Crippen LogP contribution < -0.4 is 5.01 Å². The lowest BCUT2D eigenvalue weighted by molar-refractivity contribution is 0.531. The molecule has 0 aliphatic carbocycles. The Kier molecular flexibility index (Phi) is 6.71. The third kappa shape index (κ3) is 4.81. The van der Waals surface area contributed by atoms with Crippen molar-refractivity contribution in [2.45, 2.75) is 33.7 Å². The molecule has 206 valence electrons. The van der Waals surface area contributed by atoms with E-state index in [4.69, 9.17) is 5.10 Å². The third-order valence-corrected chi connectivity index (χ3v) is 8.33. The van der Waals surface area contributed by atoms with E-state index in [1.807, 2.05) is 0 Å². The summed E-state index contributed by atoms with van der Waals surface area (Å²) < 4.78 is 2.48. The third-order valence-electron chi connectivity index (χ3n) is 8.33. The summed E-state index contributed by atoms with van der Waals surface area (Å²) in [7, 11) is 0. The predicted molar refractivity (Wildman–Crippen MR) is 181 cm³/mol. The van der Waals surface area contributed by atoms with Gasteiger partial charge in [0.1, 0.15) is 0 Å². The summed E-state index contributed by atoms with van der Waals surface area (Å²) in [5.74, 6) is 0.658. The van der Waals surface area contributed by atoms with E-state index in [0.717, 1.165) is 35.6 Å². The molecule has 0 atom stereocenters. The lowest BCUT2D eigenvalue weighted by atomic mass is 10.1. The van der Waals surface area contributed by atoms with Crippen LogP contribution in [0.1, 0.15) is 32.8 Å². The van der Waals surface area contributed by atoms with E-state index in [1.54, 1.807) is 0 Å². The molecule has 0 radical (unpaired) electrons. The molecule has 0 amide bonds. The number of aryl methyl sites for hydroxylation is 1. The molecule has 7 rings (SSSR count). The highest BCUT2D eigenvalue weighted by Crippen LogP contribution is 2.33. The second kappa shape index (κ2) is 10.8. The Balaban J connectivity index is 1.36. The molecule has 6 aromatic carbocycles. The molecule has 1 aromatic heterocycles. The topological polar surface area (TPSA) is 20.5 Å². The molecule has 0 unspecified atom stereocenters. The first kappa shape index (κ1) is 26.0. The van der Waals surface area contributed by atoms with Gasteiger partial charge in [-0.2, -0.15) is 5.10 Å². The average Bonchev–Trinajstić information content (AvgIpc) is 3.35. The van der Waals surface area contributed by atoms with Crippen LogP contribution in [0.4, 0.5) is 11.4 Å². The largest absolute Gasteiger partial charge is 0.340 e. The maximum absolute atomic E-state index is 5.30. The maximum atomic E-state index is 5.30. The highest BCUT2D eigenvalue weighted by atomic mass is 15.5. The van der Waals surface area contributed by atoms with E-state index in [0.29, 0.717) is 5.92 Å². The molecule has 0 saturated carbocycles. The Bertz CT molecular complexity index is 2020. The maximum Gasteiger partial charge on any atom is 0.0659 e. The van der Waals surface area contributed by atoms with Crippen LogP contribution in [0.25, 0.3) is 43.4 Å². The minimum atomic E-state index is 0.658. The summed E-state index contributed by atoms with van der Waals surface area (Å²) in [6, 6.07) is 45.7. The molecule has 0 bridgehead atoms. The molecule has 42 heavy (non-hydrogen) atoms. The SMILES string of the molecule is CC(=NN(c1ccc2ccccc2c1)c1ccc2ccccc2c1)c1ccc2c(c1)c1ccccc1n2CCC(C)C. The zero-order chi connectivity index (χ0) is 28.6. The van der Waals surface area contributed by atoms with Crippen LogP contribution >= 0.6 is 0 Å². The van der Waals surface area contributed by atoms with Crippen molar-refractivity contribution >= 4 is 60.4 Å². The van der Waals surface area contributed by atoms with Crippen LogP contribution in [-0.4, -0.2) is 10.3 Å². The molecular weight excluding hydrogens is 510 g/mol. The van der Waals surface area contributed by atoms with Gasteiger partial charge in [-0.3, -0.25) is 0 Å². The van der Waals surface area contributed by atoms with E-state index >= 15 is 0 Å². The van der Waals surface area contributed by atoms with Crippen molar-refractivity contribution in [2.75, 3.05) is 5.01 Å². The number of fused-ring (bicyclic) bond motifs is 5. The van der Waals surface area contributed by atoms with Crippen molar-refractivity contribution in [1.29, 1.82) is 0 Å². The van der Waals surface area contributed by atoms with Gasteiger partial charge in [0.15, 0.2) is 0 Å². The molecular formula is C39H35N3. The summed E-state index contributed by atoms with van der Waals surface area (Å²) in [5, 5.41) is 14.8. The van der Waals surface area contributed by atoms with Crippen LogP contribution in [0.5, 0.6) is 0 Å². The van der Waals surface area contributed by atoms with Gasteiger partial charge in [-0.15, -0.1) is 0 Å². The minimum Gasteiger partial charge on any atom is -0.340 e. The zero-order valence-electron chi connectivity index (χ0n) is 24.5. The number of nitrogens with zero attached hydrogens (tertiary/aromatic N) is 3. The van der Waals surface area contributed by atoms with Crippen molar-refractivity contribution in [3.63, 3.8) is 0 Å². The van der Waals surface area contributed by atoms with E-state index in [-0.39, 0.29) is 0 Å². The van der Waals surface area contributed by atoms with Gasteiger partial charge in [0.2, 0.25) is 0 Å². The Morgan fingerprint density at radius 1 is 0.619 bits per heavy atom. The molecule has 3 nitrogen and oxygen atoms in total. The Morgan fingerprint density at radius 2 is 1.19 bits per heavy atom. The number of rotatable bonds is 7. The van der Waals surface area contributed by atoms with Crippen molar-refractivity contribution in [2.24, 2.45) is 11.0 Å². The molecule has 0 aliphatic rings. The van der Waals surface area contributed by atoms with E-state index in [1.165, 1.54) is 43.4 Å². The molecule has 0 spiro atoms. The van der Waals surface area contributed by atoms with Gasteiger partial charge in [0, 0.05) is 28.4 Å². The van der Waals surface area contributed by atoms with Crippen LogP contribution in [-0.2, 0) is 6.54 Å². The van der Waals surface area contributed by atoms with Crippen molar-refractivity contribution in [3.05, 3.63) is 133 Å². The Morgan fingerprint density at radius 3 is 1.83 bits per heavy atom. The second-order valence-corrected chi connectivity index (χ2v) is 11.6. The number of hydrogen-bond donors (Lipinski definition) is 0. The second-order valence-electron chi connectivity index (χ2n) is 11.6. The highest BCUT2D eigenvalue weighted by Gasteiger charge is 2.15. The molecule has 3 heteroatoms. The number of hydrogen-bond acceptors (Lipinski definition) is 2. The van der Waals surface area contributed by atoms with Gasteiger partial charge in [0.25, 0.3) is 0 Å². The summed E-state index contributed by atoms with van der Waals surface area (Å²) in [4.78, 5) is 0. The van der Waals surface area contributed by atoms with Crippen molar-refractivity contribution in [1.82, 2.24) is 4.57 Å². The van der Waals surface area contributed by atoms with E-state index in [9.17, 15) is 0 Å². The smallest absolute Gasteiger partial charge is 0.0659 e. The Hall–Kier alpha value is -4.89. The summed E-state index contributed by atoms with van der Waals surface area (Å²) in [6.45, 7) is 7.73. The Labute approximate surface area is 247 Å². The van der Waals surface area contributed by atoms with Crippen LogP contribution in [0.2, 0.25) is 0 Å². The first-order valence-corrected chi connectivity index (χ1v) is 14.9. The van der Waals surface area contributed by atoms with E-state index in [2.05, 4.69) is 158 Å². The van der Waals surface area contributed by atoms with Crippen LogP contribution in [0, 0.1) is 5.92 Å². The highest BCUT2D eigenvalue weighted by molar-refractivity contribution is 6.11. The quantitative estimate of drug-likeness (QED) is 0.144. The fraction of sp³-hybridized carbons (Fsp3) is 0.154. The summed E-state index contributed by atoms with van der Waals surface area (Å²) in [6.07, 6.45) is 1.16. The number of para-hydroxylation sites is 1. The predicted octanol–water partition coefficient (Wildman–Crippen LogP) is 10.7. The monoisotopic (exact) mass is 545 g/mol. The van der Waals surface area contributed by atoms with Crippen molar-refractivity contribution < 1.29 is 0 Å². The first-order valence-electron chi connectivity index (χ1n) is 14.9. The van der Waals surface area contributed by atoms with Crippen LogP contribution in [0.15, 0.2) is 132 Å². The summed E-state index contributed by atoms with van der Waals surface area (Å²) >= 11 is 0. The summed E-state index contributed by atoms with van der Waals surface area (Å²) in [5.41, 5.74) is 6.76. The fourth-order valence-corrected chi connectivity index (χ4v) is 6.00. The fourth-order valence-electron chi connectivity index (χ4n) is 6.00. The normalized spacial score (nSPS) is 12.2. The average molecular weight is 546 g/mol. The lowest BCUT2D eigenvalue weighted by Gasteiger charge is -2.22. The number of hydrazone groups is 1. The van der Waals surface area contributed by atoms with Gasteiger partial charge in [-0.1, -0.05) is 98.8 Å². The molecule has 0 N–H and O–H groups in total. The number of anilines is 2. The van der Waals surface area contributed by atoms with Gasteiger partial charge >= 0.3 is 0 Å². The van der Waals surface area contributed by atoms with Gasteiger partial charge in [0.05, 0.1) is 17.1 Å². The van der Waals surface area contributed by atoms with Crippen LogP contribution in [0.3, 0.4) is 0 Å². The minimum absolute atomic E-state index is 0.658. The molecule has 1 heterocycles. The number of aromatic nitrogens is 1. The van der Waals surface area contributed by atoms with Gasteiger partial charge in [-0.05, 0) is 88.8 Å². The molecule has 0 aliphatic heterocycles. The van der Waals surface area contributed by atoms with Crippen molar-refractivity contribution in [3.8, 4) is 0 Å².